The summed E-state index contributed by atoms with van der Waals surface area (Å²) < 4.78 is 19.1. The van der Waals surface area contributed by atoms with Gasteiger partial charge in [0, 0.05) is 22.7 Å². The van der Waals surface area contributed by atoms with Crippen LogP contribution in [0.5, 0.6) is 5.75 Å². The van der Waals surface area contributed by atoms with Gasteiger partial charge < -0.3 is 9.72 Å². The molecule has 0 saturated carbocycles. The summed E-state index contributed by atoms with van der Waals surface area (Å²) in [5, 5.41) is 1.00. The Morgan fingerprint density at radius 1 is 1.06 bits per heavy atom. The number of aromatic nitrogens is 1. The monoisotopic (exact) mass is 241 g/mol. The lowest BCUT2D eigenvalue weighted by atomic mass is 10.0. The molecule has 0 bridgehead atoms. The minimum Gasteiger partial charge on any atom is -0.497 e. The number of ether oxygens (including phenoxy) is 1. The van der Waals surface area contributed by atoms with E-state index in [2.05, 4.69) is 4.98 Å². The molecule has 0 aliphatic heterocycles. The second kappa shape index (κ2) is 4.18. The molecule has 3 rings (SSSR count). The molecule has 2 nitrogen and oxygen atoms in total. The van der Waals surface area contributed by atoms with Gasteiger partial charge >= 0.3 is 0 Å². The lowest BCUT2D eigenvalue weighted by Crippen LogP contribution is -1.86. The van der Waals surface area contributed by atoms with E-state index in [1.54, 1.807) is 7.11 Å². The van der Waals surface area contributed by atoms with Crippen molar-refractivity contribution in [3.63, 3.8) is 0 Å². The van der Waals surface area contributed by atoms with Crippen LogP contribution in [0.15, 0.2) is 48.7 Å². The van der Waals surface area contributed by atoms with Gasteiger partial charge in [0.1, 0.15) is 11.6 Å². The van der Waals surface area contributed by atoms with Crippen LogP contribution in [0.3, 0.4) is 0 Å². The first-order valence-corrected chi connectivity index (χ1v) is 5.69. The van der Waals surface area contributed by atoms with Crippen LogP contribution in [0.2, 0.25) is 0 Å². The zero-order valence-corrected chi connectivity index (χ0v) is 9.91. The third kappa shape index (κ3) is 1.74. The van der Waals surface area contributed by atoms with Gasteiger partial charge in [-0.1, -0.05) is 12.1 Å². The second-order valence-electron chi connectivity index (χ2n) is 4.13. The highest BCUT2D eigenvalue weighted by Gasteiger charge is 2.07. The number of benzene rings is 2. The van der Waals surface area contributed by atoms with Gasteiger partial charge in [0.25, 0.3) is 0 Å². The van der Waals surface area contributed by atoms with Crippen LogP contribution in [0.4, 0.5) is 4.39 Å². The molecule has 1 N–H and O–H groups in total. The molecule has 3 aromatic rings. The fourth-order valence-electron chi connectivity index (χ4n) is 2.07. The Balaban J connectivity index is 2.14. The summed E-state index contributed by atoms with van der Waals surface area (Å²) in [4.78, 5) is 3.00. The molecule has 18 heavy (non-hydrogen) atoms. The number of halogens is 1. The van der Waals surface area contributed by atoms with E-state index in [0.717, 1.165) is 22.2 Å². The molecule has 0 amide bonds. The highest BCUT2D eigenvalue weighted by molar-refractivity contribution is 5.85. The molecule has 1 heterocycles. The fourth-order valence-corrected chi connectivity index (χ4v) is 2.07. The lowest BCUT2D eigenvalue weighted by Gasteiger charge is -2.05. The van der Waals surface area contributed by atoms with E-state index < -0.39 is 0 Å². The molecular weight excluding hydrogens is 229 g/mol. The van der Waals surface area contributed by atoms with Crippen molar-refractivity contribution in [2.45, 2.75) is 0 Å². The molecule has 3 heteroatoms. The van der Waals surface area contributed by atoms with Crippen molar-refractivity contribution in [3.8, 4) is 16.9 Å². The highest BCUT2D eigenvalue weighted by atomic mass is 19.1. The number of hydrogen-bond acceptors (Lipinski definition) is 1. The summed E-state index contributed by atoms with van der Waals surface area (Å²) in [6.45, 7) is 0. The number of fused-ring (bicyclic) bond motifs is 1. The summed E-state index contributed by atoms with van der Waals surface area (Å²) in [6.07, 6.45) is 1.81. The van der Waals surface area contributed by atoms with Crippen LogP contribution in [-0.4, -0.2) is 12.1 Å². The Bertz CT molecular complexity index is 685. The molecule has 0 aliphatic carbocycles. The fraction of sp³-hybridized carbons (Fsp3) is 0.0667. The maximum Gasteiger partial charge on any atom is 0.133 e. The first-order valence-electron chi connectivity index (χ1n) is 5.69. The third-order valence-electron chi connectivity index (χ3n) is 3.04. The Labute approximate surface area is 104 Å². The van der Waals surface area contributed by atoms with Crippen LogP contribution in [-0.2, 0) is 0 Å². The number of hydrogen-bond donors (Lipinski definition) is 1. The molecular formula is C15H12FNO. The third-order valence-corrected chi connectivity index (χ3v) is 3.04. The predicted molar refractivity (Wildman–Crippen MR) is 70.2 cm³/mol. The Morgan fingerprint density at radius 3 is 2.56 bits per heavy atom. The molecule has 0 radical (unpaired) electrons. The SMILES string of the molecule is COc1ccc(-c2cc3cc[nH]c3cc2F)cc1. The molecule has 0 unspecified atom stereocenters. The van der Waals surface area contributed by atoms with Gasteiger partial charge in [-0.15, -0.1) is 0 Å². The van der Waals surface area contributed by atoms with Crippen LogP contribution in [0.1, 0.15) is 0 Å². The number of H-pyrrole nitrogens is 1. The van der Waals surface area contributed by atoms with E-state index in [9.17, 15) is 4.39 Å². The summed E-state index contributed by atoms with van der Waals surface area (Å²) >= 11 is 0. The molecule has 0 atom stereocenters. The largest absolute Gasteiger partial charge is 0.497 e. The minimum atomic E-state index is -0.227. The smallest absolute Gasteiger partial charge is 0.133 e. The van der Waals surface area contributed by atoms with Crippen molar-refractivity contribution < 1.29 is 9.13 Å². The number of nitrogens with one attached hydrogen (secondary N) is 1. The molecule has 90 valence electrons. The van der Waals surface area contributed by atoms with Crippen LogP contribution >= 0.6 is 0 Å². The minimum absolute atomic E-state index is 0.227. The Hall–Kier alpha value is -2.29. The molecule has 0 fully saturated rings. The maximum atomic E-state index is 14.0. The van der Waals surface area contributed by atoms with E-state index in [0.29, 0.717) is 5.56 Å². The summed E-state index contributed by atoms with van der Waals surface area (Å²) in [5.74, 6) is 0.539. The topological polar surface area (TPSA) is 25.0 Å². The summed E-state index contributed by atoms with van der Waals surface area (Å²) in [7, 11) is 1.61. The quantitative estimate of drug-likeness (QED) is 0.721. The van der Waals surface area contributed by atoms with Crippen molar-refractivity contribution in [1.29, 1.82) is 0 Å². The van der Waals surface area contributed by atoms with Crippen molar-refractivity contribution >= 4 is 10.9 Å². The average molecular weight is 241 g/mol. The van der Waals surface area contributed by atoms with E-state index in [1.165, 1.54) is 6.07 Å². The van der Waals surface area contributed by atoms with Gasteiger partial charge in [-0.2, -0.15) is 0 Å². The van der Waals surface area contributed by atoms with Crippen LogP contribution in [0.25, 0.3) is 22.0 Å². The lowest BCUT2D eigenvalue weighted by molar-refractivity contribution is 0.415. The summed E-state index contributed by atoms with van der Waals surface area (Å²) in [5.41, 5.74) is 2.26. The maximum absolute atomic E-state index is 14.0. The first kappa shape index (κ1) is 10.8. The van der Waals surface area contributed by atoms with E-state index in [4.69, 9.17) is 4.74 Å². The van der Waals surface area contributed by atoms with Gasteiger partial charge in [0.15, 0.2) is 0 Å². The highest BCUT2D eigenvalue weighted by Crippen LogP contribution is 2.28. The second-order valence-corrected chi connectivity index (χ2v) is 4.13. The van der Waals surface area contributed by atoms with Gasteiger partial charge in [-0.3, -0.25) is 0 Å². The number of aromatic amines is 1. The summed E-state index contributed by atoms with van der Waals surface area (Å²) in [6, 6.07) is 12.7. The number of methoxy groups -OCH3 is 1. The van der Waals surface area contributed by atoms with Crippen LogP contribution in [0, 0.1) is 5.82 Å². The zero-order chi connectivity index (χ0) is 12.5. The predicted octanol–water partition coefficient (Wildman–Crippen LogP) is 3.98. The van der Waals surface area contributed by atoms with Crippen LogP contribution < -0.4 is 4.74 Å². The average Bonchev–Trinajstić information content (AvgIpc) is 2.85. The number of rotatable bonds is 2. The first-order chi connectivity index (χ1) is 8.78. The van der Waals surface area contributed by atoms with Crippen molar-refractivity contribution in [3.05, 3.63) is 54.5 Å². The molecule has 0 spiro atoms. The van der Waals surface area contributed by atoms with E-state index >= 15 is 0 Å². The van der Waals surface area contributed by atoms with E-state index in [-0.39, 0.29) is 5.82 Å². The molecule has 0 aliphatic rings. The van der Waals surface area contributed by atoms with E-state index in [1.807, 2.05) is 42.6 Å². The molecule has 0 saturated heterocycles. The zero-order valence-electron chi connectivity index (χ0n) is 9.91. The Morgan fingerprint density at radius 2 is 1.83 bits per heavy atom. The van der Waals surface area contributed by atoms with Crippen molar-refractivity contribution in [1.82, 2.24) is 4.98 Å². The molecule has 2 aromatic carbocycles. The van der Waals surface area contributed by atoms with Gasteiger partial charge in [0.2, 0.25) is 0 Å². The van der Waals surface area contributed by atoms with Gasteiger partial charge in [-0.25, -0.2) is 4.39 Å². The standard InChI is InChI=1S/C15H12FNO/c1-18-12-4-2-10(3-5-12)13-8-11-6-7-17-15(11)9-14(13)16/h2-9,17H,1H3. The van der Waals surface area contributed by atoms with Crippen molar-refractivity contribution in [2.24, 2.45) is 0 Å². The van der Waals surface area contributed by atoms with Gasteiger partial charge in [-0.05, 0) is 35.9 Å². The normalized spacial score (nSPS) is 10.8. The Kier molecular flexibility index (Phi) is 2.52. The molecule has 1 aromatic heterocycles. The van der Waals surface area contributed by atoms with Gasteiger partial charge in [0.05, 0.1) is 7.11 Å². The van der Waals surface area contributed by atoms with Crippen molar-refractivity contribution in [2.75, 3.05) is 7.11 Å².